The van der Waals surface area contributed by atoms with E-state index in [-0.39, 0.29) is 0 Å². The second kappa shape index (κ2) is 6.38. The van der Waals surface area contributed by atoms with Crippen LogP contribution in [0.4, 0.5) is 0 Å². The summed E-state index contributed by atoms with van der Waals surface area (Å²) in [6.07, 6.45) is 0. The molecule has 0 unspecified atom stereocenters. The van der Waals surface area contributed by atoms with Gasteiger partial charge in [-0.2, -0.15) is 0 Å². The number of hydrogen-bond acceptors (Lipinski definition) is 4. The van der Waals surface area contributed by atoms with Crippen molar-refractivity contribution in [2.24, 2.45) is 0 Å². The van der Waals surface area contributed by atoms with Crippen molar-refractivity contribution in [2.45, 2.75) is 9.79 Å². The molecule has 2 rings (SSSR count). The molecule has 0 aliphatic rings. The minimum Gasteiger partial charge on any atom is -0.497 e. The molecule has 0 aliphatic carbocycles. The Morgan fingerprint density at radius 3 is 1.95 bits per heavy atom. The summed E-state index contributed by atoms with van der Waals surface area (Å²) in [4.78, 5) is 2.18. The van der Waals surface area contributed by atoms with Gasteiger partial charge in [0, 0.05) is 11.0 Å². The van der Waals surface area contributed by atoms with Crippen molar-refractivity contribution in [3.8, 4) is 17.2 Å². The first-order valence-corrected chi connectivity index (χ1v) is 6.62. The van der Waals surface area contributed by atoms with Crippen LogP contribution in [0, 0.1) is 0 Å². The van der Waals surface area contributed by atoms with E-state index in [1.807, 2.05) is 42.5 Å². The number of hydrogen-bond donors (Lipinski definition) is 0. The van der Waals surface area contributed by atoms with Crippen LogP contribution in [-0.2, 0) is 0 Å². The quantitative estimate of drug-likeness (QED) is 0.828. The maximum atomic E-state index is 5.38. The molecule has 2 aromatic rings. The molecule has 2 aromatic carbocycles. The van der Waals surface area contributed by atoms with E-state index >= 15 is 0 Å². The standard InChI is InChI=1S/C15H16O3S/c1-16-11-4-7-13(8-5-11)19-15-9-6-12(17-2)10-14(15)18-3/h4-10H,1-3H3. The first-order valence-electron chi connectivity index (χ1n) is 5.80. The van der Waals surface area contributed by atoms with Crippen molar-refractivity contribution in [3.05, 3.63) is 42.5 Å². The lowest BCUT2D eigenvalue weighted by atomic mass is 10.3. The van der Waals surface area contributed by atoms with E-state index in [2.05, 4.69) is 0 Å². The van der Waals surface area contributed by atoms with E-state index in [0.717, 1.165) is 27.0 Å². The number of rotatable bonds is 5. The fourth-order valence-electron chi connectivity index (χ4n) is 1.63. The second-order valence-electron chi connectivity index (χ2n) is 3.79. The Kier molecular flexibility index (Phi) is 4.58. The average Bonchev–Trinajstić information content (AvgIpc) is 2.48. The van der Waals surface area contributed by atoms with Crippen molar-refractivity contribution >= 4 is 11.8 Å². The molecular weight excluding hydrogens is 260 g/mol. The van der Waals surface area contributed by atoms with Crippen molar-refractivity contribution in [1.82, 2.24) is 0 Å². The Morgan fingerprint density at radius 2 is 1.37 bits per heavy atom. The molecule has 0 bridgehead atoms. The van der Waals surface area contributed by atoms with Gasteiger partial charge in [0.05, 0.1) is 26.2 Å². The Labute approximate surface area is 117 Å². The molecule has 100 valence electrons. The Balaban J connectivity index is 2.21. The van der Waals surface area contributed by atoms with Crippen molar-refractivity contribution in [1.29, 1.82) is 0 Å². The highest BCUT2D eigenvalue weighted by Gasteiger charge is 2.07. The van der Waals surface area contributed by atoms with Crippen LogP contribution in [0.2, 0.25) is 0 Å². The Bertz CT molecular complexity index is 538. The molecule has 0 saturated heterocycles. The summed E-state index contributed by atoms with van der Waals surface area (Å²) < 4.78 is 15.7. The van der Waals surface area contributed by atoms with Crippen LogP contribution in [0.25, 0.3) is 0 Å². The summed E-state index contributed by atoms with van der Waals surface area (Å²) in [7, 11) is 4.96. The van der Waals surface area contributed by atoms with E-state index in [1.54, 1.807) is 33.1 Å². The van der Waals surface area contributed by atoms with Crippen LogP contribution in [0.15, 0.2) is 52.3 Å². The van der Waals surface area contributed by atoms with Crippen LogP contribution < -0.4 is 14.2 Å². The molecule has 0 spiro atoms. The SMILES string of the molecule is COc1ccc(Sc2ccc(OC)cc2OC)cc1. The van der Waals surface area contributed by atoms with Crippen LogP contribution in [0.1, 0.15) is 0 Å². The van der Waals surface area contributed by atoms with Gasteiger partial charge in [-0.3, -0.25) is 0 Å². The summed E-state index contributed by atoms with van der Waals surface area (Å²) in [5, 5.41) is 0. The summed E-state index contributed by atoms with van der Waals surface area (Å²) in [6, 6.07) is 13.7. The topological polar surface area (TPSA) is 27.7 Å². The number of ether oxygens (including phenoxy) is 3. The first kappa shape index (κ1) is 13.6. The molecule has 0 radical (unpaired) electrons. The summed E-state index contributed by atoms with van der Waals surface area (Å²) in [5.74, 6) is 2.45. The van der Waals surface area contributed by atoms with Crippen molar-refractivity contribution in [3.63, 3.8) is 0 Å². The minimum absolute atomic E-state index is 0.788. The molecule has 0 aromatic heterocycles. The molecule has 0 fully saturated rings. The smallest absolute Gasteiger partial charge is 0.136 e. The monoisotopic (exact) mass is 276 g/mol. The predicted octanol–water partition coefficient (Wildman–Crippen LogP) is 3.86. The van der Waals surface area contributed by atoms with Crippen LogP contribution >= 0.6 is 11.8 Å². The van der Waals surface area contributed by atoms with Gasteiger partial charge in [-0.15, -0.1) is 0 Å². The van der Waals surface area contributed by atoms with Gasteiger partial charge in [-0.25, -0.2) is 0 Å². The minimum atomic E-state index is 0.788. The number of benzene rings is 2. The molecular formula is C15H16O3S. The fraction of sp³-hybridized carbons (Fsp3) is 0.200. The van der Waals surface area contributed by atoms with Gasteiger partial charge in [0.2, 0.25) is 0 Å². The highest BCUT2D eigenvalue weighted by molar-refractivity contribution is 7.99. The van der Waals surface area contributed by atoms with E-state index in [0.29, 0.717) is 0 Å². The third-order valence-electron chi connectivity index (χ3n) is 2.66. The van der Waals surface area contributed by atoms with Crippen molar-refractivity contribution < 1.29 is 14.2 Å². The lowest BCUT2D eigenvalue weighted by Gasteiger charge is -2.10. The Hall–Kier alpha value is -1.81. The third-order valence-corrected chi connectivity index (χ3v) is 3.72. The largest absolute Gasteiger partial charge is 0.497 e. The summed E-state index contributed by atoms with van der Waals surface area (Å²) in [5.41, 5.74) is 0. The first-order chi connectivity index (χ1) is 9.26. The van der Waals surface area contributed by atoms with Crippen LogP contribution in [0.5, 0.6) is 17.2 Å². The van der Waals surface area contributed by atoms with E-state index < -0.39 is 0 Å². The molecule has 19 heavy (non-hydrogen) atoms. The maximum Gasteiger partial charge on any atom is 0.136 e. The van der Waals surface area contributed by atoms with E-state index in [1.165, 1.54) is 0 Å². The van der Waals surface area contributed by atoms with Gasteiger partial charge < -0.3 is 14.2 Å². The summed E-state index contributed by atoms with van der Waals surface area (Å²) in [6.45, 7) is 0. The van der Waals surface area contributed by atoms with E-state index in [4.69, 9.17) is 14.2 Å². The highest BCUT2D eigenvalue weighted by atomic mass is 32.2. The second-order valence-corrected chi connectivity index (χ2v) is 4.91. The molecule has 0 heterocycles. The summed E-state index contributed by atoms with van der Waals surface area (Å²) >= 11 is 1.64. The molecule has 0 saturated carbocycles. The van der Waals surface area contributed by atoms with Gasteiger partial charge in [-0.05, 0) is 36.4 Å². The maximum absolute atomic E-state index is 5.38. The zero-order valence-corrected chi connectivity index (χ0v) is 12.0. The molecule has 0 atom stereocenters. The molecule has 0 amide bonds. The predicted molar refractivity (Wildman–Crippen MR) is 76.7 cm³/mol. The van der Waals surface area contributed by atoms with Gasteiger partial charge in [-0.1, -0.05) is 11.8 Å². The van der Waals surface area contributed by atoms with Crippen molar-refractivity contribution in [2.75, 3.05) is 21.3 Å². The Morgan fingerprint density at radius 1 is 0.737 bits per heavy atom. The van der Waals surface area contributed by atoms with Gasteiger partial charge in [0.1, 0.15) is 17.2 Å². The lowest BCUT2D eigenvalue weighted by Crippen LogP contribution is -1.89. The zero-order valence-electron chi connectivity index (χ0n) is 11.2. The molecule has 0 N–H and O–H groups in total. The third kappa shape index (κ3) is 3.35. The zero-order chi connectivity index (χ0) is 13.7. The van der Waals surface area contributed by atoms with Crippen LogP contribution in [-0.4, -0.2) is 21.3 Å². The number of methoxy groups -OCH3 is 3. The normalized spacial score (nSPS) is 10.1. The van der Waals surface area contributed by atoms with E-state index in [9.17, 15) is 0 Å². The van der Waals surface area contributed by atoms with Crippen LogP contribution in [0.3, 0.4) is 0 Å². The molecule has 3 nitrogen and oxygen atoms in total. The lowest BCUT2D eigenvalue weighted by molar-refractivity contribution is 0.387. The van der Waals surface area contributed by atoms with Gasteiger partial charge >= 0.3 is 0 Å². The molecule has 0 aliphatic heterocycles. The van der Waals surface area contributed by atoms with Gasteiger partial charge in [0.15, 0.2) is 0 Å². The van der Waals surface area contributed by atoms with Gasteiger partial charge in [0.25, 0.3) is 0 Å². The fourth-order valence-corrected chi connectivity index (χ4v) is 2.53. The average molecular weight is 276 g/mol. The highest BCUT2D eigenvalue weighted by Crippen LogP contribution is 2.37. The molecule has 4 heteroatoms.